The van der Waals surface area contributed by atoms with E-state index < -0.39 is 17.7 Å². The van der Waals surface area contributed by atoms with Crippen LogP contribution in [-0.2, 0) is 0 Å². The Morgan fingerprint density at radius 1 is 1.54 bits per heavy atom. The predicted molar refractivity (Wildman–Crippen MR) is 42.3 cm³/mol. The van der Waals surface area contributed by atoms with Gasteiger partial charge in [-0.2, -0.15) is 13.2 Å². The lowest BCUT2D eigenvalue weighted by atomic mass is 9.79. The van der Waals surface area contributed by atoms with E-state index in [0.717, 1.165) is 0 Å². The molecule has 1 heterocycles. The second kappa shape index (κ2) is 3.46. The number of nitrogens with one attached hydrogen (secondary N) is 1. The third kappa shape index (κ3) is 1.81. The summed E-state index contributed by atoms with van der Waals surface area (Å²) < 4.78 is 37.5. The summed E-state index contributed by atoms with van der Waals surface area (Å²) >= 11 is 0. The fourth-order valence-electron chi connectivity index (χ4n) is 1.78. The summed E-state index contributed by atoms with van der Waals surface area (Å²) in [5.74, 6) is -0.721. The summed E-state index contributed by atoms with van der Waals surface area (Å²) in [4.78, 5) is 0. The molecule has 0 aliphatic carbocycles. The van der Waals surface area contributed by atoms with Gasteiger partial charge in [-0.3, -0.25) is 0 Å². The number of piperidine rings is 1. The summed E-state index contributed by atoms with van der Waals surface area (Å²) in [6.07, 6.45) is -4.41. The Morgan fingerprint density at radius 2 is 2.15 bits per heavy atom. The Labute approximate surface area is 75.1 Å². The van der Waals surface area contributed by atoms with Gasteiger partial charge in [0.2, 0.25) is 0 Å². The van der Waals surface area contributed by atoms with Crippen molar-refractivity contribution < 1.29 is 18.3 Å². The van der Waals surface area contributed by atoms with Gasteiger partial charge in [-0.15, -0.1) is 0 Å². The van der Waals surface area contributed by atoms with E-state index in [1.54, 1.807) is 6.92 Å². The van der Waals surface area contributed by atoms with Crippen molar-refractivity contribution in [2.45, 2.75) is 31.5 Å². The van der Waals surface area contributed by atoms with Crippen LogP contribution in [0.3, 0.4) is 0 Å². The molecule has 0 aromatic carbocycles. The number of halogens is 3. The average molecular weight is 197 g/mol. The Morgan fingerprint density at radius 3 is 2.54 bits per heavy atom. The van der Waals surface area contributed by atoms with E-state index in [4.69, 9.17) is 0 Å². The van der Waals surface area contributed by atoms with Gasteiger partial charge in [0.1, 0.15) is 0 Å². The number of hydrogen-bond donors (Lipinski definition) is 2. The second-order valence-electron chi connectivity index (χ2n) is 3.48. The molecule has 0 spiro atoms. The van der Waals surface area contributed by atoms with E-state index >= 15 is 0 Å². The maximum Gasteiger partial charge on any atom is 0.417 e. The standard InChI is InChI=1S/C8H14F3NO/c1-2-6-5-12-4-3-7(6,13)8(9,10)11/h6,12-13H,2-5H2,1H3. The SMILES string of the molecule is CCC1CNCCC1(O)C(F)(F)F. The van der Waals surface area contributed by atoms with Gasteiger partial charge in [0.25, 0.3) is 0 Å². The highest BCUT2D eigenvalue weighted by atomic mass is 19.4. The smallest absolute Gasteiger partial charge is 0.380 e. The molecule has 0 aromatic heterocycles. The highest BCUT2D eigenvalue weighted by molar-refractivity contribution is 4.96. The van der Waals surface area contributed by atoms with Gasteiger partial charge >= 0.3 is 6.18 Å². The number of rotatable bonds is 1. The molecule has 0 bridgehead atoms. The van der Waals surface area contributed by atoms with Crippen LogP contribution in [0.4, 0.5) is 13.2 Å². The first-order valence-electron chi connectivity index (χ1n) is 4.41. The van der Waals surface area contributed by atoms with E-state index in [0.29, 0.717) is 6.42 Å². The lowest BCUT2D eigenvalue weighted by Gasteiger charge is -2.41. The Balaban J connectivity index is 2.83. The predicted octanol–water partition coefficient (Wildman–Crippen LogP) is 1.30. The average Bonchev–Trinajstić information content (AvgIpc) is 2.03. The third-order valence-electron chi connectivity index (χ3n) is 2.73. The lowest BCUT2D eigenvalue weighted by Crippen LogP contribution is -2.58. The van der Waals surface area contributed by atoms with Gasteiger partial charge < -0.3 is 10.4 Å². The minimum absolute atomic E-state index is 0.229. The maximum atomic E-state index is 12.5. The maximum absolute atomic E-state index is 12.5. The molecule has 1 fully saturated rings. The van der Waals surface area contributed by atoms with Crippen molar-refractivity contribution in [2.24, 2.45) is 5.92 Å². The molecule has 1 aliphatic heterocycles. The molecule has 0 radical (unpaired) electrons. The summed E-state index contributed by atoms with van der Waals surface area (Å²) in [6.45, 7) is 2.13. The molecule has 2 atom stereocenters. The summed E-state index contributed by atoms with van der Waals surface area (Å²) in [5, 5.41) is 12.4. The second-order valence-corrected chi connectivity index (χ2v) is 3.48. The van der Waals surface area contributed by atoms with Crippen molar-refractivity contribution in [1.82, 2.24) is 5.32 Å². The van der Waals surface area contributed by atoms with Crippen LogP contribution >= 0.6 is 0 Å². The fourth-order valence-corrected chi connectivity index (χ4v) is 1.78. The summed E-state index contributed by atoms with van der Waals surface area (Å²) in [6, 6.07) is 0. The Kier molecular flexibility index (Phi) is 2.87. The van der Waals surface area contributed by atoms with Crippen LogP contribution in [0.15, 0.2) is 0 Å². The highest BCUT2D eigenvalue weighted by Gasteiger charge is 2.58. The van der Waals surface area contributed by atoms with E-state index in [1.807, 2.05) is 0 Å². The molecular weight excluding hydrogens is 183 g/mol. The minimum Gasteiger partial charge on any atom is -0.380 e. The lowest BCUT2D eigenvalue weighted by molar-refractivity contribution is -0.286. The zero-order chi connectivity index (χ0) is 10.1. The molecule has 2 N–H and O–H groups in total. The molecule has 1 aliphatic rings. The molecule has 1 rings (SSSR count). The van der Waals surface area contributed by atoms with E-state index in [9.17, 15) is 18.3 Å². The van der Waals surface area contributed by atoms with Crippen molar-refractivity contribution in [3.8, 4) is 0 Å². The summed E-state index contributed by atoms with van der Waals surface area (Å²) in [7, 11) is 0. The number of alkyl halides is 3. The first-order chi connectivity index (χ1) is 5.92. The van der Waals surface area contributed by atoms with Crippen molar-refractivity contribution in [3.63, 3.8) is 0 Å². The first kappa shape index (κ1) is 10.8. The molecule has 2 nitrogen and oxygen atoms in total. The van der Waals surface area contributed by atoms with Crippen LogP contribution in [-0.4, -0.2) is 30.0 Å². The van der Waals surface area contributed by atoms with Crippen molar-refractivity contribution in [3.05, 3.63) is 0 Å². The number of hydrogen-bond acceptors (Lipinski definition) is 2. The summed E-state index contributed by atoms with van der Waals surface area (Å²) in [5.41, 5.74) is -2.48. The Bertz CT molecular complexity index is 183. The van der Waals surface area contributed by atoms with Crippen molar-refractivity contribution >= 4 is 0 Å². The molecule has 0 amide bonds. The van der Waals surface area contributed by atoms with E-state index in [2.05, 4.69) is 5.32 Å². The van der Waals surface area contributed by atoms with E-state index in [1.165, 1.54) is 0 Å². The molecule has 0 saturated carbocycles. The van der Waals surface area contributed by atoms with E-state index in [-0.39, 0.29) is 19.5 Å². The van der Waals surface area contributed by atoms with Crippen LogP contribution < -0.4 is 5.32 Å². The van der Waals surface area contributed by atoms with Gasteiger partial charge in [-0.1, -0.05) is 6.92 Å². The van der Waals surface area contributed by atoms with Crippen LogP contribution in [0.5, 0.6) is 0 Å². The highest BCUT2D eigenvalue weighted by Crippen LogP contribution is 2.41. The quantitative estimate of drug-likeness (QED) is 0.664. The van der Waals surface area contributed by atoms with Crippen LogP contribution in [0.1, 0.15) is 19.8 Å². The molecule has 0 aromatic rings. The van der Waals surface area contributed by atoms with Crippen LogP contribution in [0.2, 0.25) is 0 Å². The Hall–Kier alpha value is -0.290. The largest absolute Gasteiger partial charge is 0.417 e. The van der Waals surface area contributed by atoms with Gasteiger partial charge in [0, 0.05) is 12.5 Å². The monoisotopic (exact) mass is 197 g/mol. The topological polar surface area (TPSA) is 32.3 Å². The molecule has 13 heavy (non-hydrogen) atoms. The van der Waals surface area contributed by atoms with Crippen LogP contribution in [0, 0.1) is 5.92 Å². The third-order valence-corrected chi connectivity index (χ3v) is 2.73. The van der Waals surface area contributed by atoms with Gasteiger partial charge in [-0.05, 0) is 19.4 Å². The normalized spacial score (nSPS) is 36.2. The minimum atomic E-state index is -4.50. The molecular formula is C8H14F3NO. The molecule has 5 heteroatoms. The first-order valence-corrected chi connectivity index (χ1v) is 4.41. The molecule has 2 unspecified atom stereocenters. The fraction of sp³-hybridized carbons (Fsp3) is 1.00. The number of aliphatic hydroxyl groups is 1. The van der Waals surface area contributed by atoms with Gasteiger partial charge in [0.15, 0.2) is 5.60 Å². The molecule has 1 saturated heterocycles. The van der Waals surface area contributed by atoms with Crippen LogP contribution in [0.25, 0.3) is 0 Å². The zero-order valence-corrected chi connectivity index (χ0v) is 7.49. The van der Waals surface area contributed by atoms with Crippen molar-refractivity contribution in [2.75, 3.05) is 13.1 Å². The van der Waals surface area contributed by atoms with Gasteiger partial charge in [0.05, 0.1) is 0 Å². The zero-order valence-electron chi connectivity index (χ0n) is 7.49. The molecule has 78 valence electrons. The van der Waals surface area contributed by atoms with Gasteiger partial charge in [-0.25, -0.2) is 0 Å². The van der Waals surface area contributed by atoms with Crippen molar-refractivity contribution in [1.29, 1.82) is 0 Å².